The number of alkyl halides is 17. The smallest absolute Gasteiger partial charge is 0.460 e. The van der Waals surface area contributed by atoms with Crippen LogP contribution in [-0.4, -0.2) is 65.5 Å². The maximum atomic E-state index is 13.5. The predicted molar refractivity (Wildman–Crippen MR) is 67.5 cm³/mol. The van der Waals surface area contributed by atoms with Crippen molar-refractivity contribution in [2.75, 3.05) is 6.61 Å². The van der Waals surface area contributed by atoms with Gasteiger partial charge in [-0.3, -0.25) is 0 Å². The van der Waals surface area contributed by atoms with Gasteiger partial charge in [-0.2, -0.15) is 74.6 Å². The van der Waals surface area contributed by atoms with Gasteiger partial charge in [-0.15, -0.1) is 0 Å². The highest BCUT2D eigenvalue weighted by atomic mass is 19.4. The van der Waals surface area contributed by atoms with Crippen LogP contribution in [0.15, 0.2) is 12.8 Å². The summed E-state index contributed by atoms with van der Waals surface area (Å²) in [4.78, 5) is 0. The SMILES string of the molecule is C=COC[C@@H](O)CC(F)(F)C(F)(F)C(F)(F)C(F)(F)C(F)(F)C(F)(F)C(F)(F)C(F)(F)F. The minimum absolute atomic E-state index is 0.367. The zero-order valence-electron chi connectivity index (χ0n) is 14.6. The highest BCUT2D eigenvalue weighted by molar-refractivity contribution is 5.15. The maximum Gasteiger partial charge on any atom is 0.460 e. The van der Waals surface area contributed by atoms with Crippen molar-refractivity contribution in [2.45, 2.75) is 60.2 Å². The third-order valence-corrected chi connectivity index (χ3v) is 3.69. The standard InChI is InChI=1S/C13H9F17O2/c1-2-32-4-5(31)3-6(14,15)7(16,17)8(18,19)9(20,21)10(22,23)11(24,25)12(26,27)13(28,29)30/h2,5,31H,1,3-4H2/t5-/m0/s1. The Bertz CT molecular complexity index is 666. The van der Waals surface area contributed by atoms with Crippen LogP contribution in [0.25, 0.3) is 0 Å². The number of ether oxygens (including phenoxy) is 1. The molecular formula is C13H9F17O2. The van der Waals surface area contributed by atoms with E-state index in [9.17, 15) is 74.6 Å². The molecule has 0 aromatic rings. The molecule has 0 aromatic carbocycles. The Morgan fingerprint density at radius 3 is 1.22 bits per heavy atom. The van der Waals surface area contributed by atoms with Crippen LogP contribution < -0.4 is 0 Å². The van der Waals surface area contributed by atoms with Crippen LogP contribution >= 0.6 is 0 Å². The Balaban J connectivity index is 6.50. The molecule has 19 heteroatoms. The molecule has 0 aliphatic rings. The Morgan fingerprint density at radius 2 is 0.906 bits per heavy atom. The molecule has 0 radical (unpaired) electrons. The second-order valence-electron chi connectivity index (χ2n) is 6.01. The van der Waals surface area contributed by atoms with Crippen LogP contribution in [0.5, 0.6) is 0 Å². The molecule has 0 saturated carbocycles. The second kappa shape index (κ2) is 8.27. The Labute approximate surface area is 165 Å². The van der Waals surface area contributed by atoms with Gasteiger partial charge in [-0.1, -0.05) is 6.58 Å². The van der Waals surface area contributed by atoms with E-state index in [2.05, 4.69) is 11.3 Å². The molecule has 0 aliphatic heterocycles. The van der Waals surface area contributed by atoms with Crippen molar-refractivity contribution in [1.82, 2.24) is 0 Å². The van der Waals surface area contributed by atoms with Gasteiger partial charge in [0.15, 0.2) is 0 Å². The van der Waals surface area contributed by atoms with E-state index in [1.165, 1.54) is 0 Å². The van der Waals surface area contributed by atoms with Crippen molar-refractivity contribution < 1.29 is 84.5 Å². The van der Waals surface area contributed by atoms with Crippen molar-refractivity contribution >= 4 is 0 Å². The highest BCUT2D eigenvalue weighted by Crippen LogP contribution is 2.64. The molecule has 0 unspecified atom stereocenters. The molecule has 0 amide bonds. The first kappa shape index (κ1) is 30.3. The van der Waals surface area contributed by atoms with Crippen LogP contribution in [0.2, 0.25) is 0 Å². The Hall–Kier alpha value is -1.69. The molecule has 2 nitrogen and oxygen atoms in total. The average Bonchev–Trinajstić information content (AvgIpc) is 2.57. The van der Waals surface area contributed by atoms with Gasteiger partial charge in [-0.05, 0) is 0 Å². The zero-order chi connectivity index (χ0) is 26.4. The van der Waals surface area contributed by atoms with Crippen LogP contribution in [0.3, 0.4) is 0 Å². The van der Waals surface area contributed by atoms with E-state index < -0.39 is 66.8 Å². The number of aliphatic hydroxyl groups excluding tert-OH is 1. The largest absolute Gasteiger partial charge is 0.499 e. The first-order valence-electron chi connectivity index (χ1n) is 7.32. The van der Waals surface area contributed by atoms with E-state index in [0.717, 1.165) is 0 Å². The normalized spacial score (nSPS) is 16.7. The van der Waals surface area contributed by atoms with Gasteiger partial charge >= 0.3 is 47.6 Å². The summed E-state index contributed by atoms with van der Waals surface area (Å²) in [5.41, 5.74) is 0. The van der Waals surface area contributed by atoms with Gasteiger partial charge in [0, 0.05) is 6.42 Å². The fraction of sp³-hybridized carbons (Fsp3) is 0.846. The number of halogens is 17. The van der Waals surface area contributed by atoms with E-state index in [-0.39, 0.29) is 0 Å². The van der Waals surface area contributed by atoms with Crippen molar-refractivity contribution in [2.24, 2.45) is 0 Å². The van der Waals surface area contributed by atoms with Gasteiger partial charge in [0.25, 0.3) is 0 Å². The third-order valence-electron chi connectivity index (χ3n) is 3.69. The topological polar surface area (TPSA) is 29.5 Å². The second-order valence-corrected chi connectivity index (χ2v) is 6.01. The average molecular weight is 520 g/mol. The summed E-state index contributed by atoms with van der Waals surface area (Å²) in [5.74, 6) is -56.9. The molecule has 0 saturated heterocycles. The van der Waals surface area contributed by atoms with Crippen LogP contribution in [0.4, 0.5) is 74.6 Å². The fourth-order valence-electron chi connectivity index (χ4n) is 1.86. The summed E-state index contributed by atoms with van der Waals surface area (Å²) in [6.45, 7) is 1.31. The summed E-state index contributed by atoms with van der Waals surface area (Å²) >= 11 is 0. The van der Waals surface area contributed by atoms with Gasteiger partial charge < -0.3 is 9.84 Å². The number of hydrogen-bond acceptors (Lipinski definition) is 2. The molecule has 0 bridgehead atoms. The zero-order valence-corrected chi connectivity index (χ0v) is 14.6. The van der Waals surface area contributed by atoms with Crippen LogP contribution in [-0.2, 0) is 4.74 Å². The molecule has 32 heavy (non-hydrogen) atoms. The van der Waals surface area contributed by atoms with E-state index in [4.69, 9.17) is 5.11 Å². The summed E-state index contributed by atoms with van der Waals surface area (Å²) in [6.07, 6.45) is -13.3. The molecule has 1 atom stereocenters. The predicted octanol–water partition coefficient (Wildman–Crippen LogP) is 5.91. The van der Waals surface area contributed by atoms with E-state index >= 15 is 0 Å². The van der Waals surface area contributed by atoms with E-state index in [0.29, 0.717) is 6.26 Å². The first-order valence-corrected chi connectivity index (χ1v) is 7.32. The lowest BCUT2D eigenvalue weighted by Gasteiger charge is -2.43. The third kappa shape index (κ3) is 4.27. The minimum atomic E-state index is -8.67. The molecule has 0 heterocycles. The molecule has 0 rings (SSSR count). The minimum Gasteiger partial charge on any atom is -0.499 e. The summed E-state index contributed by atoms with van der Waals surface area (Å²) in [7, 11) is 0. The quantitative estimate of drug-likeness (QED) is 0.272. The molecule has 0 fully saturated rings. The number of rotatable bonds is 11. The summed E-state index contributed by atoms with van der Waals surface area (Å²) < 4.78 is 225. The monoisotopic (exact) mass is 520 g/mol. The summed E-state index contributed by atoms with van der Waals surface area (Å²) in [6, 6.07) is 0. The molecular weight excluding hydrogens is 511 g/mol. The first-order chi connectivity index (χ1) is 13.7. The van der Waals surface area contributed by atoms with E-state index in [1.54, 1.807) is 0 Å². The summed E-state index contributed by atoms with van der Waals surface area (Å²) in [5, 5.41) is 8.92. The van der Waals surface area contributed by atoms with Gasteiger partial charge in [0.1, 0.15) is 6.61 Å². The molecule has 0 aliphatic carbocycles. The van der Waals surface area contributed by atoms with Gasteiger partial charge in [0.2, 0.25) is 0 Å². The highest BCUT2D eigenvalue weighted by Gasteiger charge is 2.95. The lowest BCUT2D eigenvalue weighted by Crippen LogP contribution is -2.74. The van der Waals surface area contributed by atoms with Gasteiger partial charge in [-0.25, -0.2) is 0 Å². The number of hydrogen-bond donors (Lipinski definition) is 1. The molecule has 0 aromatic heterocycles. The Kier molecular flexibility index (Phi) is 7.83. The Morgan fingerprint density at radius 1 is 0.594 bits per heavy atom. The van der Waals surface area contributed by atoms with Crippen molar-refractivity contribution in [1.29, 1.82) is 0 Å². The lowest BCUT2D eigenvalue weighted by molar-refractivity contribution is -0.462. The van der Waals surface area contributed by atoms with Crippen LogP contribution in [0, 0.1) is 0 Å². The number of aliphatic hydroxyl groups is 1. The van der Waals surface area contributed by atoms with Crippen molar-refractivity contribution in [3.8, 4) is 0 Å². The molecule has 0 spiro atoms. The molecule has 1 N–H and O–H groups in total. The van der Waals surface area contributed by atoms with E-state index in [1.807, 2.05) is 0 Å². The lowest BCUT2D eigenvalue weighted by atomic mass is 9.88. The molecule has 192 valence electrons. The van der Waals surface area contributed by atoms with Gasteiger partial charge in [0.05, 0.1) is 12.4 Å². The van der Waals surface area contributed by atoms with Crippen molar-refractivity contribution in [3.05, 3.63) is 12.8 Å². The fourth-order valence-corrected chi connectivity index (χ4v) is 1.86. The maximum absolute atomic E-state index is 13.5. The van der Waals surface area contributed by atoms with Crippen LogP contribution in [0.1, 0.15) is 6.42 Å². The van der Waals surface area contributed by atoms with Crippen molar-refractivity contribution in [3.63, 3.8) is 0 Å².